The van der Waals surface area contributed by atoms with Gasteiger partial charge in [-0.2, -0.15) is 13.2 Å². The van der Waals surface area contributed by atoms with Gasteiger partial charge in [-0.15, -0.1) is 0 Å². The van der Waals surface area contributed by atoms with Crippen molar-refractivity contribution in [3.05, 3.63) is 83.6 Å². The van der Waals surface area contributed by atoms with Gasteiger partial charge in [0.1, 0.15) is 11.6 Å². The summed E-state index contributed by atoms with van der Waals surface area (Å²) in [6, 6.07) is 12.8. The molecule has 2 heterocycles. The second-order valence-electron chi connectivity index (χ2n) is 10.7. The number of hydrogen-bond donors (Lipinski definition) is 2. The number of rotatable bonds is 9. The van der Waals surface area contributed by atoms with Gasteiger partial charge in [-0.3, -0.25) is 19.4 Å². The number of carbonyl (C=O) groups is 3. The number of furan rings is 1. The summed E-state index contributed by atoms with van der Waals surface area (Å²) in [6.07, 6.45) is -1.58. The Bertz CT molecular complexity index is 1450. The van der Waals surface area contributed by atoms with Gasteiger partial charge in [0, 0.05) is 50.5 Å². The van der Waals surface area contributed by atoms with Crippen LogP contribution >= 0.6 is 0 Å². The van der Waals surface area contributed by atoms with Crippen molar-refractivity contribution in [3.63, 3.8) is 0 Å². The minimum atomic E-state index is -5.06. The van der Waals surface area contributed by atoms with Crippen molar-refractivity contribution < 1.29 is 36.4 Å². The minimum Gasteiger partial charge on any atom is -0.467 e. The maximum absolute atomic E-state index is 14.7. The van der Waals surface area contributed by atoms with Crippen molar-refractivity contribution in [2.24, 2.45) is 5.92 Å². The second kappa shape index (κ2) is 12.9. The Morgan fingerprint density at radius 1 is 0.977 bits per heavy atom. The molecule has 2 aromatic carbocycles. The molecule has 1 saturated carbocycles. The molecule has 1 aromatic heterocycles. The molecule has 0 bridgehead atoms. The van der Waals surface area contributed by atoms with E-state index in [2.05, 4.69) is 10.6 Å². The zero-order valence-electron chi connectivity index (χ0n) is 23.2. The highest BCUT2D eigenvalue weighted by Gasteiger charge is 2.43. The SMILES string of the molecule is O=C(NCC1CC1)Nc1ccc(C(=O)N2CCN(Cc3cccc(N(Cc4ccco4)C(=O)C(F)(F)F)c3)CC2)cc1F. The zero-order valence-corrected chi connectivity index (χ0v) is 23.2. The molecule has 1 aliphatic heterocycles. The van der Waals surface area contributed by atoms with Gasteiger partial charge >= 0.3 is 18.1 Å². The first-order chi connectivity index (χ1) is 20.6. The zero-order chi connectivity index (χ0) is 30.6. The molecule has 2 fully saturated rings. The molecule has 4 amide bonds. The van der Waals surface area contributed by atoms with Gasteiger partial charge in [0.15, 0.2) is 0 Å². The third kappa shape index (κ3) is 7.92. The molecule has 0 spiro atoms. The van der Waals surface area contributed by atoms with E-state index in [0.29, 0.717) is 55.6 Å². The summed E-state index contributed by atoms with van der Waals surface area (Å²) >= 11 is 0. The van der Waals surface area contributed by atoms with Gasteiger partial charge in [0.2, 0.25) is 0 Å². The molecule has 13 heteroatoms. The maximum Gasteiger partial charge on any atom is 0.471 e. The average Bonchev–Trinajstić information content (AvgIpc) is 3.68. The fourth-order valence-electron chi connectivity index (χ4n) is 4.84. The monoisotopic (exact) mass is 601 g/mol. The minimum absolute atomic E-state index is 0.0171. The largest absolute Gasteiger partial charge is 0.471 e. The number of halogens is 4. The highest BCUT2D eigenvalue weighted by Crippen LogP contribution is 2.28. The fraction of sp³-hybridized carbons (Fsp3) is 0.367. The lowest BCUT2D eigenvalue weighted by Crippen LogP contribution is -2.48. The molecular formula is C30H31F4N5O4. The second-order valence-corrected chi connectivity index (χ2v) is 10.7. The van der Waals surface area contributed by atoms with Crippen molar-refractivity contribution in [1.29, 1.82) is 0 Å². The van der Waals surface area contributed by atoms with Crippen LogP contribution in [0.1, 0.15) is 34.5 Å². The van der Waals surface area contributed by atoms with Crippen molar-refractivity contribution in [2.45, 2.75) is 32.1 Å². The Hall–Kier alpha value is -4.39. The fourth-order valence-corrected chi connectivity index (χ4v) is 4.84. The van der Waals surface area contributed by atoms with Crippen LogP contribution in [0.15, 0.2) is 65.3 Å². The van der Waals surface area contributed by atoms with Crippen molar-refractivity contribution >= 4 is 29.2 Å². The molecule has 3 aromatic rings. The van der Waals surface area contributed by atoms with Crippen LogP contribution < -0.4 is 15.5 Å². The molecule has 2 N–H and O–H groups in total. The van der Waals surface area contributed by atoms with Crippen LogP contribution in [0.3, 0.4) is 0 Å². The summed E-state index contributed by atoms with van der Waals surface area (Å²) in [6.45, 7) is 2.25. The maximum atomic E-state index is 14.7. The van der Waals surface area contributed by atoms with Crippen LogP contribution in [0.25, 0.3) is 0 Å². The molecular weight excluding hydrogens is 570 g/mol. The highest BCUT2D eigenvalue weighted by molar-refractivity contribution is 5.97. The molecule has 9 nitrogen and oxygen atoms in total. The first-order valence-electron chi connectivity index (χ1n) is 13.9. The lowest BCUT2D eigenvalue weighted by molar-refractivity contribution is -0.170. The smallest absolute Gasteiger partial charge is 0.467 e. The number of nitrogens with one attached hydrogen (secondary N) is 2. The van der Waals surface area contributed by atoms with Crippen LogP contribution in [0.5, 0.6) is 0 Å². The number of urea groups is 1. The molecule has 0 radical (unpaired) electrons. The summed E-state index contributed by atoms with van der Waals surface area (Å²) in [7, 11) is 0. The number of alkyl halides is 3. The van der Waals surface area contributed by atoms with Crippen molar-refractivity contribution in [3.8, 4) is 0 Å². The third-order valence-corrected chi connectivity index (χ3v) is 7.38. The van der Waals surface area contributed by atoms with Crippen LogP contribution in [-0.2, 0) is 17.9 Å². The Kier molecular flexibility index (Phi) is 9.00. The van der Waals surface area contributed by atoms with Crippen molar-refractivity contribution in [1.82, 2.24) is 15.1 Å². The lowest BCUT2D eigenvalue weighted by atomic mass is 10.1. The quantitative estimate of drug-likeness (QED) is 0.337. The first-order valence-corrected chi connectivity index (χ1v) is 13.9. The summed E-state index contributed by atoms with van der Waals surface area (Å²) in [5.74, 6) is -2.35. The van der Waals surface area contributed by atoms with Crippen LogP contribution in [0.4, 0.5) is 33.7 Å². The Morgan fingerprint density at radius 3 is 2.40 bits per heavy atom. The summed E-state index contributed by atoms with van der Waals surface area (Å²) in [5.41, 5.74) is 0.929. The molecule has 1 saturated heterocycles. The lowest BCUT2D eigenvalue weighted by Gasteiger charge is -2.35. The topological polar surface area (TPSA) is 98.1 Å². The Labute approximate surface area is 245 Å². The molecule has 2 aliphatic rings. The van der Waals surface area contributed by atoms with E-state index in [4.69, 9.17) is 4.42 Å². The van der Waals surface area contributed by atoms with E-state index in [1.807, 2.05) is 4.90 Å². The number of nitrogens with zero attached hydrogens (tertiary/aromatic N) is 3. The van der Waals surface area contributed by atoms with E-state index in [-0.39, 0.29) is 35.2 Å². The predicted octanol–water partition coefficient (Wildman–Crippen LogP) is 5.00. The van der Waals surface area contributed by atoms with Gasteiger partial charge in [-0.25, -0.2) is 9.18 Å². The van der Waals surface area contributed by atoms with Crippen LogP contribution in [-0.4, -0.2) is 66.5 Å². The van der Waals surface area contributed by atoms with Crippen LogP contribution in [0, 0.1) is 11.7 Å². The van der Waals surface area contributed by atoms with Gasteiger partial charge in [-0.05, 0) is 66.8 Å². The number of amides is 4. The van der Waals surface area contributed by atoms with E-state index >= 15 is 0 Å². The Balaban J connectivity index is 1.16. The van der Waals surface area contributed by atoms with Gasteiger partial charge in [0.05, 0.1) is 18.5 Å². The van der Waals surface area contributed by atoms with E-state index in [0.717, 1.165) is 18.9 Å². The number of piperazine rings is 1. The average molecular weight is 602 g/mol. The van der Waals surface area contributed by atoms with E-state index in [1.165, 1.54) is 42.7 Å². The highest BCUT2D eigenvalue weighted by atomic mass is 19.4. The number of carbonyl (C=O) groups excluding carboxylic acids is 3. The van der Waals surface area contributed by atoms with E-state index < -0.39 is 23.9 Å². The summed E-state index contributed by atoms with van der Waals surface area (Å²) in [4.78, 5) is 41.5. The number of anilines is 2. The summed E-state index contributed by atoms with van der Waals surface area (Å²) < 4.78 is 59.9. The van der Waals surface area contributed by atoms with Crippen molar-refractivity contribution in [2.75, 3.05) is 42.9 Å². The molecule has 0 atom stereocenters. The first kappa shape index (κ1) is 30.1. The molecule has 0 unspecified atom stereocenters. The molecule has 1 aliphatic carbocycles. The normalized spacial score (nSPS) is 15.7. The molecule has 228 valence electrons. The third-order valence-electron chi connectivity index (χ3n) is 7.38. The van der Waals surface area contributed by atoms with E-state index in [9.17, 15) is 31.9 Å². The molecule has 43 heavy (non-hydrogen) atoms. The van der Waals surface area contributed by atoms with E-state index in [1.54, 1.807) is 17.0 Å². The van der Waals surface area contributed by atoms with Gasteiger partial charge < -0.3 is 20.0 Å². The molecule has 5 rings (SSSR count). The van der Waals surface area contributed by atoms with Crippen LogP contribution in [0.2, 0.25) is 0 Å². The summed E-state index contributed by atoms with van der Waals surface area (Å²) in [5, 5.41) is 5.16. The Morgan fingerprint density at radius 2 is 1.74 bits per heavy atom. The number of benzene rings is 2. The van der Waals surface area contributed by atoms with Gasteiger partial charge in [0.25, 0.3) is 5.91 Å². The number of hydrogen-bond acceptors (Lipinski definition) is 5. The predicted molar refractivity (Wildman–Crippen MR) is 150 cm³/mol. The van der Waals surface area contributed by atoms with Gasteiger partial charge in [-0.1, -0.05) is 12.1 Å². The standard InChI is InChI=1S/C30H31F4N5O4/c31-25-16-22(8-9-26(25)36-29(42)35-17-20-6-7-20)27(40)38-12-10-37(11-13-38)18-21-3-1-4-23(15-21)39(28(41)30(32,33)34)19-24-5-2-14-43-24/h1-5,8-9,14-16,20H,6-7,10-13,17-19H2,(H2,35,36,42).